The lowest BCUT2D eigenvalue weighted by Crippen LogP contribution is -2.15. The lowest BCUT2D eigenvalue weighted by molar-refractivity contribution is -0.385. The Balaban J connectivity index is 2.37. The summed E-state index contributed by atoms with van der Waals surface area (Å²) in [6, 6.07) is 5.60. The Labute approximate surface area is 137 Å². The molecule has 1 N–H and O–H groups in total. The molecule has 22 heavy (non-hydrogen) atoms. The number of nitrogens with zero attached hydrogens (tertiary/aromatic N) is 1. The van der Waals surface area contributed by atoms with Crippen LogP contribution >= 0.6 is 22.6 Å². The van der Waals surface area contributed by atoms with E-state index >= 15 is 0 Å². The third-order valence-corrected chi connectivity index (χ3v) is 4.86. The molecule has 0 saturated carbocycles. The first-order valence-corrected chi connectivity index (χ1v) is 8.19. The van der Waals surface area contributed by atoms with E-state index in [-0.39, 0.29) is 14.9 Å². The molecule has 0 spiro atoms. The smallest absolute Gasteiger partial charge is 0.279 e. The third-order valence-electron chi connectivity index (χ3n) is 2.58. The van der Waals surface area contributed by atoms with Gasteiger partial charge in [0.2, 0.25) is 0 Å². The lowest BCUT2D eigenvalue weighted by atomic mass is 10.3. The molecule has 0 saturated heterocycles. The van der Waals surface area contributed by atoms with Crippen LogP contribution in [0.2, 0.25) is 0 Å². The van der Waals surface area contributed by atoms with Gasteiger partial charge in [0.1, 0.15) is 16.5 Å². The van der Waals surface area contributed by atoms with E-state index in [1.54, 1.807) is 22.6 Å². The van der Waals surface area contributed by atoms with Crippen LogP contribution in [-0.4, -0.2) is 13.3 Å². The van der Waals surface area contributed by atoms with Gasteiger partial charge in [0.25, 0.3) is 15.7 Å². The van der Waals surface area contributed by atoms with Crippen molar-refractivity contribution in [3.05, 3.63) is 61.7 Å². The van der Waals surface area contributed by atoms with Crippen LogP contribution in [0.1, 0.15) is 0 Å². The van der Waals surface area contributed by atoms with Gasteiger partial charge in [-0.05, 0) is 46.9 Å². The van der Waals surface area contributed by atoms with Crippen molar-refractivity contribution in [3.63, 3.8) is 0 Å². The molecule has 10 heteroatoms. The summed E-state index contributed by atoms with van der Waals surface area (Å²) >= 11 is 1.68. The van der Waals surface area contributed by atoms with E-state index in [1.165, 1.54) is 12.1 Å². The number of halogens is 3. The maximum Gasteiger partial charge on any atom is 0.282 e. The first-order chi connectivity index (χ1) is 10.2. The van der Waals surface area contributed by atoms with Crippen molar-refractivity contribution in [2.75, 3.05) is 4.72 Å². The quantitative estimate of drug-likeness (QED) is 0.449. The van der Waals surface area contributed by atoms with Gasteiger partial charge in [-0.2, -0.15) is 0 Å². The number of nitro groups is 1. The van der Waals surface area contributed by atoms with Gasteiger partial charge >= 0.3 is 0 Å². The molecular weight excluding hydrogens is 433 g/mol. The Bertz CT molecular complexity index is 858. The van der Waals surface area contributed by atoms with Crippen LogP contribution < -0.4 is 4.72 Å². The third kappa shape index (κ3) is 3.50. The highest BCUT2D eigenvalue weighted by Gasteiger charge is 2.21. The maximum atomic E-state index is 13.5. The molecule has 116 valence electrons. The van der Waals surface area contributed by atoms with E-state index in [0.717, 1.165) is 18.2 Å². The van der Waals surface area contributed by atoms with Crippen LogP contribution in [0, 0.1) is 25.3 Å². The Morgan fingerprint density at radius 1 is 1.14 bits per heavy atom. The molecule has 0 fully saturated rings. The molecule has 0 radical (unpaired) electrons. The Morgan fingerprint density at radius 3 is 2.36 bits per heavy atom. The number of hydrogen-bond donors (Lipinski definition) is 1. The zero-order valence-corrected chi connectivity index (χ0v) is 13.6. The van der Waals surface area contributed by atoms with Crippen molar-refractivity contribution in [1.29, 1.82) is 0 Å². The van der Waals surface area contributed by atoms with Crippen LogP contribution in [0.5, 0.6) is 0 Å². The predicted octanol–water partition coefficient (Wildman–Crippen LogP) is 3.28. The topological polar surface area (TPSA) is 89.3 Å². The number of sulfonamides is 1. The van der Waals surface area contributed by atoms with Crippen LogP contribution in [0.3, 0.4) is 0 Å². The number of nitrogens with one attached hydrogen (secondary N) is 1. The number of nitro benzene ring substituents is 1. The molecule has 2 aromatic carbocycles. The van der Waals surface area contributed by atoms with Gasteiger partial charge < -0.3 is 0 Å². The summed E-state index contributed by atoms with van der Waals surface area (Å²) in [7, 11) is -4.28. The molecular formula is C12H7F2IN2O4S. The normalized spacial score (nSPS) is 11.2. The fourth-order valence-electron chi connectivity index (χ4n) is 1.62. The fraction of sp³-hybridized carbons (Fsp3) is 0. The highest BCUT2D eigenvalue weighted by Crippen LogP contribution is 2.26. The van der Waals surface area contributed by atoms with E-state index in [9.17, 15) is 27.3 Å². The molecule has 0 aliphatic heterocycles. The van der Waals surface area contributed by atoms with Crippen molar-refractivity contribution in [2.24, 2.45) is 0 Å². The summed E-state index contributed by atoms with van der Waals surface area (Å²) in [5.41, 5.74) is -0.157. The fourth-order valence-corrected chi connectivity index (χ4v) is 3.44. The molecule has 0 bridgehead atoms. The van der Waals surface area contributed by atoms with Crippen molar-refractivity contribution >= 4 is 44.0 Å². The van der Waals surface area contributed by atoms with Crippen molar-refractivity contribution < 1.29 is 22.1 Å². The van der Waals surface area contributed by atoms with E-state index in [2.05, 4.69) is 4.72 Å². The van der Waals surface area contributed by atoms with E-state index in [1.807, 2.05) is 0 Å². The highest BCUT2D eigenvalue weighted by molar-refractivity contribution is 14.1. The second-order valence-corrected chi connectivity index (χ2v) is 6.92. The summed E-state index contributed by atoms with van der Waals surface area (Å²) in [6.07, 6.45) is 0. The summed E-state index contributed by atoms with van der Waals surface area (Å²) in [4.78, 5) is 9.36. The van der Waals surface area contributed by atoms with Gasteiger partial charge in [-0.3, -0.25) is 14.8 Å². The van der Waals surface area contributed by atoms with Gasteiger partial charge in [-0.25, -0.2) is 17.2 Å². The lowest BCUT2D eigenvalue weighted by Gasteiger charge is -2.09. The first kappa shape index (κ1) is 16.5. The van der Waals surface area contributed by atoms with Gasteiger partial charge in [-0.1, -0.05) is 0 Å². The molecule has 0 amide bonds. The minimum Gasteiger partial charge on any atom is -0.279 e. The SMILES string of the molecule is O=[N+]([O-])c1ccc(NS(=O)(=O)c2ccc(F)cc2F)cc1I. The van der Waals surface area contributed by atoms with Gasteiger partial charge in [0, 0.05) is 12.1 Å². The summed E-state index contributed by atoms with van der Waals surface area (Å²) in [6.45, 7) is 0. The zero-order chi connectivity index (χ0) is 16.5. The second-order valence-electron chi connectivity index (χ2n) is 4.10. The van der Waals surface area contributed by atoms with Gasteiger partial charge in [0.05, 0.1) is 14.2 Å². The van der Waals surface area contributed by atoms with Crippen molar-refractivity contribution in [1.82, 2.24) is 0 Å². The largest absolute Gasteiger partial charge is 0.282 e. The average Bonchev–Trinajstić information content (AvgIpc) is 2.37. The molecule has 6 nitrogen and oxygen atoms in total. The zero-order valence-electron chi connectivity index (χ0n) is 10.6. The molecule has 2 rings (SSSR count). The number of benzene rings is 2. The van der Waals surface area contributed by atoms with Crippen LogP contribution in [0.15, 0.2) is 41.3 Å². The monoisotopic (exact) mass is 440 g/mol. The van der Waals surface area contributed by atoms with Crippen LogP contribution in [-0.2, 0) is 10.0 Å². The van der Waals surface area contributed by atoms with Crippen LogP contribution in [0.4, 0.5) is 20.2 Å². The van der Waals surface area contributed by atoms with E-state index in [4.69, 9.17) is 0 Å². The Kier molecular flexibility index (Phi) is 4.60. The number of rotatable bonds is 4. The predicted molar refractivity (Wildman–Crippen MR) is 83.0 cm³/mol. The standard InChI is InChI=1S/C12H7F2IN2O4S/c13-7-1-4-12(9(14)5-7)22(20,21)16-8-2-3-11(17(18)19)10(15)6-8/h1-6,16H. The minimum absolute atomic E-state index is 0.0266. The number of hydrogen-bond acceptors (Lipinski definition) is 4. The molecule has 0 heterocycles. The second kappa shape index (κ2) is 6.12. The molecule has 2 aromatic rings. The summed E-state index contributed by atoms with van der Waals surface area (Å²) in [5, 5.41) is 10.7. The number of anilines is 1. The van der Waals surface area contributed by atoms with Crippen molar-refractivity contribution in [2.45, 2.75) is 4.90 Å². The average molecular weight is 440 g/mol. The highest BCUT2D eigenvalue weighted by atomic mass is 127. The maximum absolute atomic E-state index is 13.5. The molecule has 0 aliphatic rings. The van der Waals surface area contributed by atoms with E-state index in [0.29, 0.717) is 6.07 Å². The molecule has 0 aromatic heterocycles. The first-order valence-electron chi connectivity index (χ1n) is 5.62. The Morgan fingerprint density at radius 2 is 1.82 bits per heavy atom. The van der Waals surface area contributed by atoms with Gasteiger partial charge in [0.15, 0.2) is 0 Å². The summed E-state index contributed by atoms with van der Waals surface area (Å²) in [5.74, 6) is -2.13. The molecule has 0 unspecified atom stereocenters. The van der Waals surface area contributed by atoms with Crippen LogP contribution in [0.25, 0.3) is 0 Å². The summed E-state index contributed by atoms with van der Waals surface area (Å²) < 4.78 is 52.8. The Hall–Kier alpha value is -1.82. The van der Waals surface area contributed by atoms with Crippen molar-refractivity contribution in [3.8, 4) is 0 Å². The molecule has 0 atom stereocenters. The van der Waals surface area contributed by atoms with Gasteiger partial charge in [-0.15, -0.1) is 0 Å². The van der Waals surface area contributed by atoms with E-state index < -0.39 is 31.5 Å². The molecule has 0 aliphatic carbocycles. The minimum atomic E-state index is -4.28.